The number of imidazole rings is 1. The fourth-order valence-electron chi connectivity index (χ4n) is 2.90. The molecule has 0 spiro atoms. The lowest BCUT2D eigenvalue weighted by Gasteiger charge is -2.09. The molecule has 3 heterocycles. The number of hydrogen-bond donors (Lipinski definition) is 0. The van der Waals surface area contributed by atoms with Crippen LogP contribution < -0.4 is 4.74 Å². The molecule has 3 aromatic heterocycles. The average Bonchev–Trinajstić information content (AvgIpc) is 3.00. The number of pyridine rings is 1. The van der Waals surface area contributed by atoms with Crippen molar-refractivity contribution in [1.29, 1.82) is 5.26 Å². The van der Waals surface area contributed by atoms with E-state index in [1.807, 2.05) is 6.92 Å². The zero-order valence-electron chi connectivity index (χ0n) is 13.8. The monoisotopic (exact) mass is 383 g/mol. The number of benzene rings is 1. The van der Waals surface area contributed by atoms with E-state index in [-0.39, 0.29) is 5.69 Å². The van der Waals surface area contributed by atoms with Crippen LogP contribution in [0, 0.1) is 18.3 Å². The summed E-state index contributed by atoms with van der Waals surface area (Å²) in [5.41, 5.74) is 3.19. The second-order valence-electron chi connectivity index (χ2n) is 5.60. The van der Waals surface area contributed by atoms with Gasteiger partial charge in [0.25, 0.3) is 0 Å². The number of nitrogens with zero attached hydrogens (tertiary/aromatic N) is 5. The molecule has 8 heteroatoms. The number of nitriles is 1. The van der Waals surface area contributed by atoms with Crippen molar-refractivity contribution in [2.75, 3.05) is 7.11 Å². The highest BCUT2D eigenvalue weighted by Crippen LogP contribution is 2.33. The van der Waals surface area contributed by atoms with Gasteiger partial charge in [-0.25, -0.2) is 9.97 Å². The Morgan fingerprint density at radius 2 is 1.92 bits per heavy atom. The molecule has 6 nitrogen and oxygen atoms in total. The van der Waals surface area contributed by atoms with Crippen molar-refractivity contribution in [2.45, 2.75) is 6.92 Å². The maximum absolute atomic E-state index is 9.55. The van der Waals surface area contributed by atoms with Crippen LogP contribution in [0.1, 0.15) is 11.4 Å². The predicted molar refractivity (Wildman–Crippen MR) is 99.7 cm³/mol. The third-order valence-electron chi connectivity index (χ3n) is 4.03. The first kappa shape index (κ1) is 16.6. The molecule has 4 aromatic rings. The van der Waals surface area contributed by atoms with Crippen molar-refractivity contribution in [3.63, 3.8) is 0 Å². The Morgan fingerprint density at radius 1 is 1.12 bits per heavy atom. The quantitative estimate of drug-likeness (QED) is 0.511. The number of halogens is 2. The van der Waals surface area contributed by atoms with Gasteiger partial charge in [-0.2, -0.15) is 10.2 Å². The van der Waals surface area contributed by atoms with Gasteiger partial charge in [0.15, 0.2) is 11.3 Å². The van der Waals surface area contributed by atoms with Crippen LogP contribution in [0.5, 0.6) is 5.88 Å². The third-order valence-corrected chi connectivity index (χ3v) is 4.60. The molecule has 26 heavy (non-hydrogen) atoms. The number of fused-ring (bicyclic) bond motifs is 3. The van der Waals surface area contributed by atoms with Gasteiger partial charge in [-0.05, 0) is 31.2 Å². The van der Waals surface area contributed by atoms with Gasteiger partial charge in [-0.15, -0.1) is 0 Å². The first-order valence-corrected chi connectivity index (χ1v) is 8.38. The van der Waals surface area contributed by atoms with Crippen molar-refractivity contribution in [3.05, 3.63) is 51.8 Å². The number of rotatable bonds is 2. The Bertz CT molecular complexity index is 1230. The standard InChI is InChI=1S/C18H11Cl2N5O/c1-9-16-14(8-21)23-13-5-6-15(26-2)24-18(13)25(16)17(22-9)11-7-10(19)3-4-12(11)20/h3-7H,1-2H3. The van der Waals surface area contributed by atoms with Crippen LogP contribution in [0.15, 0.2) is 30.3 Å². The van der Waals surface area contributed by atoms with Crippen LogP contribution in [0.3, 0.4) is 0 Å². The second-order valence-corrected chi connectivity index (χ2v) is 6.44. The highest BCUT2D eigenvalue weighted by Gasteiger charge is 2.20. The lowest BCUT2D eigenvalue weighted by atomic mass is 10.2. The molecule has 0 N–H and O–H groups in total. The Hall–Kier alpha value is -2.88. The van der Waals surface area contributed by atoms with Gasteiger partial charge in [0.05, 0.1) is 17.8 Å². The number of hydrogen-bond acceptors (Lipinski definition) is 5. The molecule has 0 aliphatic rings. The molecule has 4 rings (SSSR count). The van der Waals surface area contributed by atoms with E-state index in [2.05, 4.69) is 21.0 Å². The predicted octanol–water partition coefficient (Wildman–Crippen LogP) is 4.44. The number of aryl methyl sites for hydroxylation is 1. The topological polar surface area (TPSA) is 76.1 Å². The summed E-state index contributed by atoms with van der Waals surface area (Å²) in [5, 5.41) is 10.6. The summed E-state index contributed by atoms with van der Waals surface area (Å²) in [6, 6.07) is 10.7. The highest BCUT2D eigenvalue weighted by molar-refractivity contribution is 6.35. The molecule has 0 saturated carbocycles. The summed E-state index contributed by atoms with van der Waals surface area (Å²) in [6.07, 6.45) is 0. The Labute approximate surface area is 158 Å². The van der Waals surface area contributed by atoms with Gasteiger partial charge in [-0.1, -0.05) is 23.2 Å². The van der Waals surface area contributed by atoms with Gasteiger partial charge in [-0.3, -0.25) is 4.40 Å². The number of methoxy groups -OCH3 is 1. The molecule has 128 valence electrons. The van der Waals surface area contributed by atoms with E-state index in [0.29, 0.717) is 49.7 Å². The maximum atomic E-state index is 9.55. The van der Waals surface area contributed by atoms with E-state index in [1.54, 1.807) is 34.7 Å². The number of ether oxygens (including phenoxy) is 1. The van der Waals surface area contributed by atoms with Crippen LogP contribution in [0.25, 0.3) is 28.1 Å². The summed E-state index contributed by atoms with van der Waals surface area (Å²) in [7, 11) is 1.54. The molecule has 0 unspecified atom stereocenters. The van der Waals surface area contributed by atoms with E-state index < -0.39 is 0 Å². The van der Waals surface area contributed by atoms with Crippen molar-refractivity contribution in [3.8, 4) is 23.3 Å². The van der Waals surface area contributed by atoms with E-state index in [1.165, 1.54) is 7.11 Å². The minimum atomic E-state index is 0.263. The molecule has 0 atom stereocenters. The highest BCUT2D eigenvalue weighted by atomic mass is 35.5. The summed E-state index contributed by atoms with van der Waals surface area (Å²) >= 11 is 12.5. The summed E-state index contributed by atoms with van der Waals surface area (Å²) in [4.78, 5) is 13.5. The summed E-state index contributed by atoms with van der Waals surface area (Å²) in [6.45, 7) is 1.81. The van der Waals surface area contributed by atoms with Gasteiger partial charge < -0.3 is 4.74 Å². The van der Waals surface area contributed by atoms with Crippen LogP contribution in [0.4, 0.5) is 0 Å². The Morgan fingerprint density at radius 3 is 2.65 bits per heavy atom. The minimum Gasteiger partial charge on any atom is -0.481 e. The fourth-order valence-corrected chi connectivity index (χ4v) is 3.28. The normalized spacial score (nSPS) is 11.0. The first-order valence-electron chi connectivity index (χ1n) is 7.63. The molecule has 1 aromatic carbocycles. The van der Waals surface area contributed by atoms with E-state index in [9.17, 15) is 5.26 Å². The first-order chi connectivity index (χ1) is 12.5. The fraction of sp³-hybridized carbons (Fsp3) is 0.111. The largest absolute Gasteiger partial charge is 0.481 e. The van der Waals surface area contributed by atoms with E-state index in [4.69, 9.17) is 27.9 Å². The summed E-state index contributed by atoms with van der Waals surface area (Å²) < 4.78 is 7.01. The molecule has 0 aliphatic carbocycles. The molecule has 0 fully saturated rings. The average molecular weight is 384 g/mol. The molecule has 0 radical (unpaired) electrons. The van der Waals surface area contributed by atoms with Crippen molar-refractivity contribution in [1.82, 2.24) is 19.4 Å². The molecule has 0 bridgehead atoms. The van der Waals surface area contributed by atoms with Crippen LogP contribution in [0.2, 0.25) is 10.0 Å². The zero-order chi connectivity index (χ0) is 18.4. The van der Waals surface area contributed by atoms with Crippen molar-refractivity contribution < 1.29 is 4.74 Å². The number of aromatic nitrogens is 4. The van der Waals surface area contributed by atoms with Gasteiger partial charge >= 0.3 is 0 Å². The van der Waals surface area contributed by atoms with Gasteiger partial charge in [0.1, 0.15) is 22.9 Å². The lowest BCUT2D eigenvalue weighted by molar-refractivity contribution is 0.399. The zero-order valence-corrected chi connectivity index (χ0v) is 15.3. The third kappa shape index (κ3) is 2.45. The maximum Gasteiger partial charge on any atom is 0.215 e. The molecule has 0 saturated heterocycles. The molecule has 0 amide bonds. The summed E-state index contributed by atoms with van der Waals surface area (Å²) in [5.74, 6) is 0.967. The lowest BCUT2D eigenvalue weighted by Crippen LogP contribution is -2.01. The van der Waals surface area contributed by atoms with Crippen LogP contribution >= 0.6 is 23.2 Å². The van der Waals surface area contributed by atoms with Gasteiger partial charge in [0.2, 0.25) is 5.88 Å². The van der Waals surface area contributed by atoms with Crippen LogP contribution in [-0.4, -0.2) is 26.5 Å². The van der Waals surface area contributed by atoms with Crippen LogP contribution in [-0.2, 0) is 0 Å². The second kappa shape index (κ2) is 6.13. The minimum absolute atomic E-state index is 0.263. The van der Waals surface area contributed by atoms with Gasteiger partial charge in [0, 0.05) is 16.7 Å². The van der Waals surface area contributed by atoms with Crippen molar-refractivity contribution in [2.24, 2.45) is 0 Å². The molecule has 0 aliphatic heterocycles. The van der Waals surface area contributed by atoms with Crippen molar-refractivity contribution >= 4 is 39.9 Å². The molecular formula is C18H11Cl2N5O. The van der Waals surface area contributed by atoms with E-state index >= 15 is 0 Å². The van der Waals surface area contributed by atoms with E-state index in [0.717, 1.165) is 0 Å². The Kier molecular flexibility index (Phi) is 3.91. The Balaban J connectivity index is 2.23. The molecular weight excluding hydrogens is 373 g/mol. The smallest absolute Gasteiger partial charge is 0.215 e. The SMILES string of the molecule is COc1ccc2nc(C#N)c3c(C)nc(-c4cc(Cl)ccc4Cl)n3c2n1.